The number of thioether (sulfide) groups is 1. The highest BCUT2D eigenvalue weighted by atomic mass is 32.2. The van der Waals surface area contributed by atoms with Crippen LogP contribution in [0.4, 0.5) is 5.69 Å². The Hall–Kier alpha value is -3.38. The van der Waals surface area contributed by atoms with Gasteiger partial charge in [0.1, 0.15) is 0 Å². The van der Waals surface area contributed by atoms with Gasteiger partial charge in [-0.05, 0) is 68.3 Å². The van der Waals surface area contributed by atoms with Crippen molar-refractivity contribution in [3.8, 4) is 5.69 Å². The second kappa shape index (κ2) is 8.78. The number of aromatic nitrogens is 2. The number of hydrogen-bond donors (Lipinski definition) is 1. The Morgan fingerprint density at radius 1 is 0.968 bits per heavy atom. The van der Waals surface area contributed by atoms with E-state index in [1.165, 1.54) is 11.8 Å². The Morgan fingerprint density at radius 2 is 1.68 bits per heavy atom. The molecule has 1 aromatic heterocycles. The van der Waals surface area contributed by atoms with Crippen LogP contribution in [-0.4, -0.2) is 20.7 Å². The van der Waals surface area contributed by atoms with Crippen molar-refractivity contribution in [3.63, 3.8) is 0 Å². The summed E-state index contributed by atoms with van der Waals surface area (Å²) in [6, 6.07) is 22.5. The van der Waals surface area contributed by atoms with Gasteiger partial charge in [-0.1, -0.05) is 48.2 Å². The van der Waals surface area contributed by atoms with Crippen molar-refractivity contribution in [1.82, 2.24) is 9.55 Å². The number of fused-ring (bicyclic) bond motifs is 1. The van der Waals surface area contributed by atoms with Crippen LogP contribution < -0.4 is 10.9 Å². The number of amides is 1. The van der Waals surface area contributed by atoms with E-state index in [2.05, 4.69) is 5.32 Å². The molecule has 0 unspecified atom stereocenters. The fraction of sp³-hybridized carbons (Fsp3) is 0.160. The van der Waals surface area contributed by atoms with E-state index in [1.807, 2.05) is 87.5 Å². The highest BCUT2D eigenvalue weighted by molar-refractivity contribution is 8.00. The van der Waals surface area contributed by atoms with Crippen LogP contribution in [0.2, 0.25) is 0 Å². The summed E-state index contributed by atoms with van der Waals surface area (Å²) in [5, 5.41) is 3.50. The van der Waals surface area contributed by atoms with Crippen LogP contribution in [0.1, 0.15) is 18.1 Å². The molecule has 3 aromatic carbocycles. The molecule has 1 amide bonds. The lowest BCUT2D eigenvalue weighted by molar-refractivity contribution is -0.115. The van der Waals surface area contributed by atoms with Crippen molar-refractivity contribution in [1.29, 1.82) is 0 Å². The Morgan fingerprint density at radius 3 is 2.42 bits per heavy atom. The van der Waals surface area contributed by atoms with E-state index in [1.54, 1.807) is 10.6 Å². The molecule has 0 aliphatic heterocycles. The number of benzene rings is 3. The monoisotopic (exact) mass is 429 g/mol. The summed E-state index contributed by atoms with van der Waals surface area (Å²) >= 11 is 1.27. The average Bonchev–Trinajstić information content (AvgIpc) is 2.77. The number of hydrogen-bond acceptors (Lipinski definition) is 4. The van der Waals surface area contributed by atoms with E-state index < -0.39 is 5.25 Å². The third-order valence-corrected chi connectivity index (χ3v) is 6.24. The van der Waals surface area contributed by atoms with Gasteiger partial charge in [0, 0.05) is 5.69 Å². The van der Waals surface area contributed by atoms with Gasteiger partial charge >= 0.3 is 0 Å². The Kier molecular flexibility index (Phi) is 5.91. The molecule has 0 bridgehead atoms. The summed E-state index contributed by atoms with van der Waals surface area (Å²) in [6.45, 7) is 5.86. The van der Waals surface area contributed by atoms with Crippen LogP contribution in [0.3, 0.4) is 0 Å². The van der Waals surface area contributed by atoms with Gasteiger partial charge in [0.25, 0.3) is 5.56 Å². The lowest BCUT2D eigenvalue weighted by atomic mass is 10.1. The van der Waals surface area contributed by atoms with E-state index in [9.17, 15) is 9.59 Å². The highest BCUT2D eigenvalue weighted by Crippen LogP contribution is 2.26. The Bertz CT molecular complexity index is 1320. The maximum atomic E-state index is 13.4. The summed E-state index contributed by atoms with van der Waals surface area (Å²) in [7, 11) is 0. The zero-order valence-corrected chi connectivity index (χ0v) is 18.4. The molecule has 4 aromatic rings. The van der Waals surface area contributed by atoms with Gasteiger partial charge in [0.15, 0.2) is 5.16 Å². The molecule has 5 nitrogen and oxygen atoms in total. The SMILES string of the molecule is Cc1ccc(-n2c(S[C@@H](C)C(=O)Nc3ccccc3)nc3ccccc3c2=O)cc1C. The van der Waals surface area contributed by atoms with Crippen LogP contribution >= 0.6 is 11.8 Å². The molecule has 0 spiro atoms. The Balaban J connectivity index is 1.76. The van der Waals surface area contributed by atoms with Gasteiger partial charge in [-0.15, -0.1) is 0 Å². The fourth-order valence-corrected chi connectivity index (χ4v) is 4.19. The molecule has 1 heterocycles. The molecule has 1 atom stereocenters. The molecular formula is C25H23N3O2S. The fourth-order valence-electron chi connectivity index (χ4n) is 3.26. The molecule has 0 saturated heterocycles. The van der Waals surface area contributed by atoms with Crippen molar-refractivity contribution in [2.24, 2.45) is 0 Å². The van der Waals surface area contributed by atoms with E-state index in [-0.39, 0.29) is 11.5 Å². The van der Waals surface area contributed by atoms with E-state index in [4.69, 9.17) is 4.98 Å². The zero-order chi connectivity index (χ0) is 22.0. The van der Waals surface area contributed by atoms with Crippen molar-refractivity contribution in [3.05, 3.63) is 94.3 Å². The molecule has 0 radical (unpaired) electrons. The topological polar surface area (TPSA) is 64.0 Å². The summed E-state index contributed by atoms with van der Waals surface area (Å²) in [4.78, 5) is 30.9. The van der Waals surface area contributed by atoms with Gasteiger partial charge in [-0.25, -0.2) is 4.98 Å². The van der Waals surface area contributed by atoms with E-state index in [0.29, 0.717) is 16.1 Å². The van der Waals surface area contributed by atoms with Gasteiger partial charge in [-0.2, -0.15) is 0 Å². The number of nitrogens with zero attached hydrogens (tertiary/aromatic N) is 2. The number of aryl methyl sites for hydroxylation is 2. The third kappa shape index (κ3) is 4.39. The van der Waals surface area contributed by atoms with Gasteiger partial charge < -0.3 is 5.32 Å². The predicted molar refractivity (Wildman–Crippen MR) is 127 cm³/mol. The minimum Gasteiger partial charge on any atom is -0.325 e. The van der Waals surface area contributed by atoms with Crippen LogP contribution in [0.25, 0.3) is 16.6 Å². The number of anilines is 1. The molecule has 4 rings (SSSR count). The third-order valence-electron chi connectivity index (χ3n) is 5.19. The molecule has 156 valence electrons. The largest absolute Gasteiger partial charge is 0.325 e. The zero-order valence-electron chi connectivity index (χ0n) is 17.6. The first-order chi connectivity index (χ1) is 14.9. The molecule has 0 saturated carbocycles. The molecule has 1 N–H and O–H groups in total. The molecular weight excluding hydrogens is 406 g/mol. The summed E-state index contributed by atoms with van der Waals surface area (Å²) in [6.07, 6.45) is 0. The lowest BCUT2D eigenvalue weighted by Crippen LogP contribution is -2.26. The van der Waals surface area contributed by atoms with Crippen molar-refractivity contribution < 1.29 is 4.79 Å². The van der Waals surface area contributed by atoms with Gasteiger partial charge in [0.05, 0.1) is 21.8 Å². The first-order valence-corrected chi connectivity index (χ1v) is 10.9. The molecule has 31 heavy (non-hydrogen) atoms. The van der Waals surface area contributed by atoms with E-state index in [0.717, 1.165) is 22.5 Å². The van der Waals surface area contributed by atoms with Crippen LogP contribution in [0.15, 0.2) is 82.7 Å². The summed E-state index contributed by atoms with van der Waals surface area (Å²) < 4.78 is 1.60. The van der Waals surface area contributed by atoms with Crippen molar-refractivity contribution >= 4 is 34.3 Å². The second-order valence-corrected chi connectivity index (χ2v) is 8.74. The number of para-hydroxylation sites is 2. The number of rotatable bonds is 5. The standard InChI is InChI=1S/C25H23N3O2S/c1-16-13-14-20(15-17(16)2)28-24(30)21-11-7-8-12-22(21)27-25(28)31-18(3)23(29)26-19-9-5-4-6-10-19/h4-15,18H,1-3H3,(H,26,29)/t18-/m0/s1. The Labute approximate surface area is 185 Å². The number of carbonyl (C=O) groups excluding carboxylic acids is 1. The van der Waals surface area contributed by atoms with Gasteiger partial charge in [0.2, 0.25) is 5.91 Å². The molecule has 0 aliphatic carbocycles. The second-order valence-electron chi connectivity index (χ2n) is 7.44. The highest BCUT2D eigenvalue weighted by Gasteiger charge is 2.20. The number of carbonyl (C=O) groups is 1. The minimum atomic E-state index is -0.453. The van der Waals surface area contributed by atoms with Crippen LogP contribution in [-0.2, 0) is 4.79 Å². The van der Waals surface area contributed by atoms with Crippen LogP contribution in [0, 0.1) is 13.8 Å². The van der Waals surface area contributed by atoms with Crippen LogP contribution in [0.5, 0.6) is 0 Å². The van der Waals surface area contributed by atoms with Crippen molar-refractivity contribution in [2.45, 2.75) is 31.2 Å². The van der Waals surface area contributed by atoms with E-state index >= 15 is 0 Å². The summed E-state index contributed by atoms with van der Waals surface area (Å²) in [5.41, 5.74) is 4.18. The molecule has 6 heteroatoms. The molecule has 0 aliphatic rings. The maximum absolute atomic E-state index is 13.4. The average molecular weight is 430 g/mol. The predicted octanol–water partition coefficient (Wildman–Crippen LogP) is 5.12. The van der Waals surface area contributed by atoms with Gasteiger partial charge in [-0.3, -0.25) is 14.2 Å². The summed E-state index contributed by atoms with van der Waals surface area (Å²) in [5.74, 6) is -0.148. The quantitative estimate of drug-likeness (QED) is 0.353. The first-order valence-electron chi connectivity index (χ1n) is 10.1. The first kappa shape index (κ1) is 20.9. The molecule has 0 fully saturated rings. The number of nitrogens with one attached hydrogen (secondary N) is 1. The normalized spacial score (nSPS) is 12.0. The maximum Gasteiger partial charge on any atom is 0.266 e. The lowest BCUT2D eigenvalue weighted by Gasteiger charge is -2.17. The van der Waals surface area contributed by atoms with Crippen molar-refractivity contribution in [2.75, 3.05) is 5.32 Å². The smallest absolute Gasteiger partial charge is 0.266 e. The minimum absolute atomic E-state index is 0.146.